The Bertz CT molecular complexity index is 200. The number of carboxylic acid groups (broad SMARTS) is 1. The molecule has 0 unspecified atom stereocenters. The second-order valence-electron chi connectivity index (χ2n) is 4.46. The fourth-order valence-electron chi connectivity index (χ4n) is 1.31. The zero-order valence-corrected chi connectivity index (χ0v) is 9.15. The Balaban J connectivity index is 2.57. The maximum absolute atomic E-state index is 10.8. The first-order chi connectivity index (χ1) is 5.91. The van der Waals surface area contributed by atoms with Crippen LogP contribution in [0.2, 0.25) is 0 Å². The highest BCUT2D eigenvalue weighted by Crippen LogP contribution is 2.32. The first-order valence-corrected chi connectivity index (χ1v) is 5.56. The summed E-state index contributed by atoms with van der Waals surface area (Å²) in [5.74, 6) is 0.209. The first kappa shape index (κ1) is 10.9. The van der Waals surface area contributed by atoms with E-state index in [1.807, 2.05) is 11.8 Å². The molecule has 0 aromatic carbocycles. The van der Waals surface area contributed by atoms with Crippen molar-refractivity contribution in [3.05, 3.63) is 0 Å². The van der Waals surface area contributed by atoms with Gasteiger partial charge in [0, 0.05) is 0 Å². The van der Waals surface area contributed by atoms with Crippen molar-refractivity contribution in [2.45, 2.75) is 38.6 Å². The minimum absolute atomic E-state index is 0.124. The Labute approximate surface area is 83.3 Å². The second-order valence-corrected chi connectivity index (χ2v) is 5.68. The monoisotopic (exact) mass is 203 g/mol. The van der Waals surface area contributed by atoms with Gasteiger partial charge in [0.25, 0.3) is 0 Å². The first-order valence-electron chi connectivity index (χ1n) is 4.52. The van der Waals surface area contributed by atoms with Crippen LogP contribution in [0, 0.1) is 5.41 Å². The summed E-state index contributed by atoms with van der Waals surface area (Å²) in [5, 5.41) is 12.3. The molecule has 76 valence electrons. The molecule has 1 heterocycles. The SMILES string of the molecule is CC(C)(C)[C@H]1N[C@H](C(=O)O)CCS1. The van der Waals surface area contributed by atoms with E-state index >= 15 is 0 Å². The van der Waals surface area contributed by atoms with Gasteiger partial charge in [0.1, 0.15) is 6.04 Å². The van der Waals surface area contributed by atoms with Gasteiger partial charge in [-0.15, -0.1) is 11.8 Å². The molecular weight excluding hydrogens is 186 g/mol. The van der Waals surface area contributed by atoms with E-state index in [1.165, 1.54) is 0 Å². The molecule has 0 bridgehead atoms. The summed E-state index contributed by atoms with van der Waals surface area (Å²) in [4.78, 5) is 10.8. The van der Waals surface area contributed by atoms with Gasteiger partial charge < -0.3 is 5.11 Å². The molecule has 0 spiro atoms. The Hall–Kier alpha value is -0.220. The fourth-order valence-corrected chi connectivity index (χ4v) is 2.68. The van der Waals surface area contributed by atoms with Crippen molar-refractivity contribution in [2.24, 2.45) is 5.41 Å². The van der Waals surface area contributed by atoms with Gasteiger partial charge in [-0.3, -0.25) is 10.1 Å². The third-order valence-electron chi connectivity index (χ3n) is 2.13. The Kier molecular flexibility index (Phi) is 3.24. The van der Waals surface area contributed by atoms with Crippen molar-refractivity contribution in [1.29, 1.82) is 0 Å². The highest BCUT2D eigenvalue weighted by atomic mass is 32.2. The van der Waals surface area contributed by atoms with E-state index in [4.69, 9.17) is 5.11 Å². The molecule has 0 radical (unpaired) electrons. The predicted molar refractivity (Wildman–Crippen MR) is 54.9 cm³/mol. The molecule has 1 aliphatic rings. The van der Waals surface area contributed by atoms with Gasteiger partial charge in [-0.25, -0.2) is 0 Å². The smallest absolute Gasteiger partial charge is 0.320 e. The van der Waals surface area contributed by atoms with Crippen LogP contribution in [-0.2, 0) is 4.79 Å². The van der Waals surface area contributed by atoms with Crippen LogP contribution in [0.3, 0.4) is 0 Å². The highest BCUT2D eigenvalue weighted by molar-refractivity contribution is 7.99. The molecular formula is C9H17NO2S. The van der Waals surface area contributed by atoms with Crippen molar-refractivity contribution in [2.75, 3.05) is 5.75 Å². The molecule has 13 heavy (non-hydrogen) atoms. The summed E-state index contributed by atoms with van der Waals surface area (Å²) < 4.78 is 0. The molecule has 1 rings (SSSR count). The molecule has 4 heteroatoms. The zero-order chi connectivity index (χ0) is 10.1. The summed E-state index contributed by atoms with van der Waals surface area (Å²) in [6, 6.07) is -0.356. The van der Waals surface area contributed by atoms with Crippen LogP contribution in [0.4, 0.5) is 0 Å². The van der Waals surface area contributed by atoms with E-state index in [0.717, 1.165) is 12.2 Å². The molecule has 2 N–H and O–H groups in total. The molecule has 2 atom stereocenters. The van der Waals surface area contributed by atoms with Crippen LogP contribution in [0.1, 0.15) is 27.2 Å². The number of carboxylic acids is 1. The Morgan fingerprint density at radius 3 is 2.62 bits per heavy atom. The molecule has 0 aromatic rings. The number of aliphatic carboxylic acids is 1. The highest BCUT2D eigenvalue weighted by Gasteiger charge is 2.33. The third kappa shape index (κ3) is 2.88. The average Bonchev–Trinajstić information content (AvgIpc) is 2.03. The molecule has 3 nitrogen and oxygen atoms in total. The minimum Gasteiger partial charge on any atom is -0.480 e. The topological polar surface area (TPSA) is 49.3 Å². The van der Waals surface area contributed by atoms with E-state index in [-0.39, 0.29) is 16.8 Å². The molecule has 1 aliphatic heterocycles. The number of rotatable bonds is 1. The lowest BCUT2D eigenvalue weighted by Gasteiger charge is -2.36. The van der Waals surface area contributed by atoms with Gasteiger partial charge in [0.15, 0.2) is 0 Å². The van der Waals surface area contributed by atoms with Crippen LogP contribution in [0.25, 0.3) is 0 Å². The Morgan fingerprint density at radius 2 is 2.15 bits per heavy atom. The van der Waals surface area contributed by atoms with Crippen LogP contribution in [0.15, 0.2) is 0 Å². The van der Waals surface area contributed by atoms with E-state index in [0.29, 0.717) is 0 Å². The Morgan fingerprint density at radius 1 is 1.54 bits per heavy atom. The summed E-state index contributed by atoms with van der Waals surface area (Å²) in [6.07, 6.45) is 0.729. The van der Waals surface area contributed by atoms with Gasteiger partial charge in [-0.2, -0.15) is 0 Å². The maximum atomic E-state index is 10.8. The van der Waals surface area contributed by atoms with Crippen molar-refractivity contribution < 1.29 is 9.90 Å². The van der Waals surface area contributed by atoms with Gasteiger partial charge >= 0.3 is 5.97 Å². The molecule has 1 fully saturated rings. The summed E-state index contributed by atoms with van der Waals surface area (Å²) in [6.45, 7) is 6.38. The summed E-state index contributed by atoms with van der Waals surface area (Å²) in [5.41, 5.74) is 0.124. The van der Waals surface area contributed by atoms with Crippen LogP contribution in [-0.4, -0.2) is 28.2 Å². The molecule has 1 saturated heterocycles. The second kappa shape index (κ2) is 3.88. The third-order valence-corrected chi connectivity index (χ3v) is 3.78. The van der Waals surface area contributed by atoms with Crippen LogP contribution < -0.4 is 5.32 Å². The van der Waals surface area contributed by atoms with Crippen LogP contribution >= 0.6 is 11.8 Å². The van der Waals surface area contributed by atoms with Crippen molar-refractivity contribution in [3.63, 3.8) is 0 Å². The molecule has 0 aliphatic carbocycles. The predicted octanol–water partition coefficient (Wildman–Crippen LogP) is 1.54. The normalized spacial score (nSPS) is 30.1. The van der Waals surface area contributed by atoms with Gasteiger partial charge in [0.05, 0.1) is 5.37 Å². The molecule has 0 aromatic heterocycles. The largest absolute Gasteiger partial charge is 0.480 e. The van der Waals surface area contributed by atoms with Crippen molar-refractivity contribution >= 4 is 17.7 Å². The number of hydrogen-bond acceptors (Lipinski definition) is 3. The fraction of sp³-hybridized carbons (Fsp3) is 0.889. The quantitative estimate of drug-likeness (QED) is 0.678. The van der Waals surface area contributed by atoms with E-state index < -0.39 is 5.97 Å². The minimum atomic E-state index is -0.727. The van der Waals surface area contributed by atoms with Crippen LogP contribution in [0.5, 0.6) is 0 Å². The van der Waals surface area contributed by atoms with Crippen molar-refractivity contribution in [1.82, 2.24) is 5.32 Å². The lowest BCUT2D eigenvalue weighted by atomic mass is 9.95. The number of nitrogens with one attached hydrogen (secondary N) is 1. The number of thioether (sulfide) groups is 1. The average molecular weight is 203 g/mol. The van der Waals surface area contributed by atoms with Gasteiger partial charge in [0.2, 0.25) is 0 Å². The number of carbonyl (C=O) groups is 1. The zero-order valence-electron chi connectivity index (χ0n) is 8.33. The maximum Gasteiger partial charge on any atom is 0.320 e. The lowest BCUT2D eigenvalue weighted by molar-refractivity contribution is -0.139. The molecule has 0 amide bonds. The van der Waals surface area contributed by atoms with E-state index in [2.05, 4.69) is 26.1 Å². The van der Waals surface area contributed by atoms with Crippen molar-refractivity contribution in [3.8, 4) is 0 Å². The summed E-state index contributed by atoms with van der Waals surface area (Å²) >= 11 is 1.82. The molecule has 0 saturated carbocycles. The number of hydrogen-bond donors (Lipinski definition) is 2. The van der Waals surface area contributed by atoms with E-state index in [1.54, 1.807) is 0 Å². The summed E-state index contributed by atoms with van der Waals surface area (Å²) in [7, 11) is 0. The standard InChI is InChI=1S/C9H17NO2S/c1-9(2,3)8-10-6(7(11)12)4-5-13-8/h6,8,10H,4-5H2,1-3H3,(H,11,12)/t6-,8-/m0/s1. The van der Waals surface area contributed by atoms with E-state index in [9.17, 15) is 4.79 Å². The van der Waals surface area contributed by atoms with Gasteiger partial charge in [-0.05, 0) is 17.6 Å². The lowest BCUT2D eigenvalue weighted by Crippen LogP contribution is -2.50. The van der Waals surface area contributed by atoms with Gasteiger partial charge in [-0.1, -0.05) is 20.8 Å².